The van der Waals surface area contributed by atoms with Crippen LogP contribution < -0.4 is 10.2 Å². The van der Waals surface area contributed by atoms with E-state index in [2.05, 4.69) is 52.1 Å². The maximum atomic E-state index is 12.3. The summed E-state index contributed by atoms with van der Waals surface area (Å²) in [4.78, 5) is 25.8. The molecule has 0 aliphatic carbocycles. The van der Waals surface area contributed by atoms with Gasteiger partial charge in [-0.25, -0.2) is 0 Å². The van der Waals surface area contributed by atoms with Gasteiger partial charge in [0, 0.05) is 17.4 Å². The number of hydrogen-bond acceptors (Lipinski definition) is 4. The Labute approximate surface area is 143 Å². The molecule has 0 bridgehead atoms. The highest BCUT2D eigenvalue weighted by molar-refractivity contribution is 9.09. The van der Waals surface area contributed by atoms with Crippen LogP contribution in [0.1, 0.15) is 32.3 Å². The predicted octanol–water partition coefficient (Wildman–Crippen LogP) is 3.00. The van der Waals surface area contributed by atoms with Crippen LogP contribution in [-0.2, 0) is 13.9 Å². The molecule has 1 fully saturated rings. The summed E-state index contributed by atoms with van der Waals surface area (Å²) in [5.74, 6) is 0.388. The van der Waals surface area contributed by atoms with Crippen molar-refractivity contribution in [3.63, 3.8) is 0 Å². The largest absolute Gasteiger partial charge is 0.350 e. The molecule has 22 heavy (non-hydrogen) atoms. The number of piperidine rings is 1. The number of halogens is 1. The van der Waals surface area contributed by atoms with Crippen molar-refractivity contribution in [2.75, 3.05) is 10.8 Å². The third-order valence-corrected chi connectivity index (χ3v) is 7.37. The number of alkyl halides is 1. The maximum absolute atomic E-state index is 12.3. The summed E-state index contributed by atoms with van der Waals surface area (Å²) in [5, 5.41) is 2.84. The molecule has 0 spiro atoms. The van der Waals surface area contributed by atoms with Crippen LogP contribution >= 0.6 is 27.7 Å². The molecule has 2 aliphatic rings. The van der Waals surface area contributed by atoms with E-state index in [0.717, 1.165) is 11.6 Å². The van der Waals surface area contributed by atoms with Crippen LogP contribution in [-0.4, -0.2) is 29.0 Å². The molecule has 1 saturated heterocycles. The first kappa shape index (κ1) is 15.9. The monoisotopic (exact) mass is 382 g/mol. The molecule has 1 N–H and O–H groups in total. The molecule has 0 aromatic heterocycles. The minimum Gasteiger partial charge on any atom is -0.350 e. The molecular weight excluding hydrogens is 364 g/mol. The highest BCUT2D eigenvalue weighted by atomic mass is 79.9. The van der Waals surface area contributed by atoms with Crippen LogP contribution in [0.5, 0.6) is 0 Å². The van der Waals surface area contributed by atoms with Crippen LogP contribution in [0.3, 0.4) is 0 Å². The Hall–Kier alpha value is -1.01. The summed E-state index contributed by atoms with van der Waals surface area (Å²) in [6.07, 6.45) is 0.980. The Balaban J connectivity index is 2.02. The van der Waals surface area contributed by atoms with E-state index in [4.69, 9.17) is 0 Å². The van der Waals surface area contributed by atoms with Gasteiger partial charge in [-0.3, -0.25) is 14.9 Å². The molecule has 0 radical (unpaired) electrons. The normalized spacial score (nSPS) is 32.2. The van der Waals surface area contributed by atoms with E-state index in [1.165, 1.54) is 5.56 Å². The number of nitrogens with one attached hydrogen (secondary N) is 1. The van der Waals surface area contributed by atoms with Crippen LogP contribution in [0, 0.1) is 0 Å². The minimum absolute atomic E-state index is 0.149. The third kappa shape index (κ3) is 2.67. The van der Waals surface area contributed by atoms with Gasteiger partial charge in [-0.2, -0.15) is 0 Å². The van der Waals surface area contributed by atoms with Gasteiger partial charge in [0.15, 0.2) is 0 Å². The number of amides is 2. The van der Waals surface area contributed by atoms with Crippen molar-refractivity contribution in [2.45, 2.75) is 42.3 Å². The van der Waals surface area contributed by atoms with Crippen LogP contribution in [0.15, 0.2) is 24.3 Å². The van der Waals surface area contributed by atoms with Gasteiger partial charge in [0.2, 0.25) is 11.8 Å². The van der Waals surface area contributed by atoms with E-state index in [9.17, 15) is 9.59 Å². The van der Waals surface area contributed by atoms with Gasteiger partial charge >= 0.3 is 0 Å². The van der Waals surface area contributed by atoms with Crippen molar-refractivity contribution in [3.05, 3.63) is 29.8 Å². The number of fused-ring (bicyclic) bond motifs is 1. The third-order valence-electron chi connectivity index (χ3n) is 4.55. The summed E-state index contributed by atoms with van der Waals surface area (Å²) in [7, 11) is 0. The Morgan fingerprint density at radius 1 is 1.36 bits per heavy atom. The fourth-order valence-corrected chi connectivity index (χ4v) is 4.89. The standard InChI is InChI=1S/C16H19BrN2O2S/c1-10-16(2,17)11-5-3-4-6-12(11)19(9-22-10)13-7-8-14(20)18-15(13)21/h3-6,10,13H,7-9H2,1-2H3,(H,18,20,21)/t10-,13?,16?/m0/s1. The van der Waals surface area contributed by atoms with Crippen LogP contribution in [0.25, 0.3) is 0 Å². The van der Waals surface area contributed by atoms with E-state index in [1.807, 2.05) is 23.9 Å². The number of rotatable bonds is 1. The highest BCUT2D eigenvalue weighted by Crippen LogP contribution is 2.48. The van der Waals surface area contributed by atoms with Gasteiger partial charge in [0.25, 0.3) is 0 Å². The Morgan fingerprint density at radius 2 is 2.09 bits per heavy atom. The van der Waals surface area contributed by atoms with Crippen molar-refractivity contribution in [2.24, 2.45) is 0 Å². The topological polar surface area (TPSA) is 49.4 Å². The minimum atomic E-state index is -0.278. The van der Waals surface area contributed by atoms with Crippen molar-refractivity contribution >= 4 is 45.2 Å². The molecular formula is C16H19BrN2O2S. The first-order valence-corrected chi connectivity index (χ1v) is 9.26. The van der Waals surface area contributed by atoms with Gasteiger partial charge in [-0.1, -0.05) is 41.1 Å². The predicted molar refractivity (Wildman–Crippen MR) is 93.3 cm³/mol. The Morgan fingerprint density at radius 3 is 2.82 bits per heavy atom. The number of benzene rings is 1. The summed E-state index contributed by atoms with van der Waals surface area (Å²) in [6, 6.07) is 7.94. The molecule has 6 heteroatoms. The average molecular weight is 383 g/mol. The smallest absolute Gasteiger partial charge is 0.249 e. The first-order valence-electron chi connectivity index (χ1n) is 7.41. The zero-order chi connectivity index (χ0) is 15.9. The average Bonchev–Trinajstić information content (AvgIpc) is 2.57. The maximum Gasteiger partial charge on any atom is 0.249 e. The fourth-order valence-electron chi connectivity index (χ4n) is 3.01. The Kier molecular flexibility index (Phi) is 4.25. The summed E-state index contributed by atoms with van der Waals surface area (Å²) in [5.41, 5.74) is 2.27. The lowest BCUT2D eigenvalue weighted by Crippen LogP contribution is -2.52. The van der Waals surface area contributed by atoms with Gasteiger partial charge < -0.3 is 4.90 Å². The number of nitrogens with zero attached hydrogens (tertiary/aromatic N) is 1. The Bertz CT molecular complexity index is 620. The molecule has 4 nitrogen and oxygen atoms in total. The summed E-state index contributed by atoms with van der Waals surface area (Å²) < 4.78 is -0.149. The summed E-state index contributed by atoms with van der Waals surface area (Å²) >= 11 is 5.70. The second-order valence-electron chi connectivity index (χ2n) is 5.97. The molecule has 2 unspecified atom stereocenters. The SMILES string of the molecule is C[C@@H]1SCN(C2CCC(=O)NC2=O)c2ccccc2C1(C)Br. The van der Waals surface area contributed by atoms with E-state index in [0.29, 0.717) is 18.1 Å². The number of hydrogen-bond donors (Lipinski definition) is 1. The highest BCUT2D eigenvalue weighted by Gasteiger charge is 2.40. The number of para-hydroxylation sites is 1. The van der Waals surface area contributed by atoms with Gasteiger partial charge in [0.1, 0.15) is 6.04 Å². The molecule has 3 atom stereocenters. The van der Waals surface area contributed by atoms with Gasteiger partial charge in [-0.15, -0.1) is 11.8 Å². The molecule has 0 saturated carbocycles. The molecule has 2 heterocycles. The van der Waals surface area contributed by atoms with Crippen LogP contribution in [0.4, 0.5) is 5.69 Å². The van der Waals surface area contributed by atoms with Crippen molar-refractivity contribution in [1.29, 1.82) is 0 Å². The molecule has 2 amide bonds. The molecule has 1 aromatic rings. The van der Waals surface area contributed by atoms with Crippen LogP contribution in [0.2, 0.25) is 0 Å². The number of carbonyl (C=O) groups is 2. The zero-order valence-electron chi connectivity index (χ0n) is 12.6. The second-order valence-corrected chi connectivity index (χ2v) is 8.91. The quantitative estimate of drug-likeness (QED) is 0.599. The van der Waals surface area contributed by atoms with E-state index in [1.54, 1.807) is 0 Å². The fraction of sp³-hybridized carbons (Fsp3) is 0.500. The lowest BCUT2D eigenvalue weighted by molar-refractivity contribution is -0.134. The molecule has 1 aromatic carbocycles. The van der Waals surface area contributed by atoms with Gasteiger partial charge in [0.05, 0.1) is 10.2 Å². The zero-order valence-corrected chi connectivity index (χ0v) is 15.0. The molecule has 2 aliphatic heterocycles. The molecule has 118 valence electrons. The number of carbonyl (C=O) groups excluding carboxylic acids is 2. The van der Waals surface area contributed by atoms with E-state index in [-0.39, 0.29) is 22.2 Å². The number of thioether (sulfide) groups is 1. The van der Waals surface area contributed by atoms with Crippen molar-refractivity contribution in [1.82, 2.24) is 5.32 Å². The van der Waals surface area contributed by atoms with Crippen molar-refractivity contribution in [3.8, 4) is 0 Å². The van der Waals surface area contributed by atoms with Gasteiger partial charge in [-0.05, 0) is 25.0 Å². The van der Waals surface area contributed by atoms with E-state index < -0.39 is 0 Å². The van der Waals surface area contributed by atoms with Crippen molar-refractivity contribution < 1.29 is 9.59 Å². The number of imide groups is 1. The second kappa shape index (κ2) is 5.89. The molecule has 3 rings (SSSR count). The lowest BCUT2D eigenvalue weighted by atomic mass is 9.94. The lowest BCUT2D eigenvalue weighted by Gasteiger charge is -2.35. The summed E-state index contributed by atoms with van der Waals surface area (Å²) in [6.45, 7) is 4.38. The van der Waals surface area contributed by atoms with E-state index >= 15 is 0 Å². The number of anilines is 1. The first-order chi connectivity index (χ1) is 10.4.